The zero-order valence-electron chi connectivity index (χ0n) is 18.2. The molecule has 5 heteroatoms. The SMILES string of the molecule is COc1cccc(C(=O)NC2CC3CCCC(C2)N3Cc2ccc(C)cc2)c1OC. The van der Waals surface area contributed by atoms with Gasteiger partial charge in [0.25, 0.3) is 5.91 Å². The first-order valence-electron chi connectivity index (χ1n) is 10.9. The summed E-state index contributed by atoms with van der Waals surface area (Å²) in [5.74, 6) is 0.991. The molecule has 1 N–H and O–H groups in total. The van der Waals surface area contributed by atoms with Gasteiger partial charge in [-0.05, 0) is 50.3 Å². The second kappa shape index (κ2) is 9.09. The van der Waals surface area contributed by atoms with Crippen molar-refractivity contribution in [1.29, 1.82) is 0 Å². The first kappa shape index (κ1) is 20.7. The van der Waals surface area contributed by atoms with Crippen molar-refractivity contribution in [2.45, 2.75) is 63.7 Å². The highest BCUT2D eigenvalue weighted by Gasteiger charge is 2.38. The fourth-order valence-electron chi connectivity index (χ4n) is 5.09. The summed E-state index contributed by atoms with van der Waals surface area (Å²) >= 11 is 0. The van der Waals surface area contributed by atoms with Crippen molar-refractivity contribution in [3.63, 3.8) is 0 Å². The van der Waals surface area contributed by atoms with Gasteiger partial charge in [-0.1, -0.05) is 42.3 Å². The van der Waals surface area contributed by atoms with Gasteiger partial charge in [-0.2, -0.15) is 0 Å². The number of nitrogens with zero attached hydrogens (tertiary/aromatic N) is 1. The number of fused-ring (bicyclic) bond motifs is 2. The highest BCUT2D eigenvalue weighted by Crippen LogP contribution is 2.36. The van der Waals surface area contributed by atoms with Crippen molar-refractivity contribution >= 4 is 5.91 Å². The zero-order valence-corrected chi connectivity index (χ0v) is 18.2. The highest BCUT2D eigenvalue weighted by atomic mass is 16.5. The summed E-state index contributed by atoms with van der Waals surface area (Å²) in [6.45, 7) is 3.13. The van der Waals surface area contributed by atoms with Crippen LogP contribution in [0.4, 0.5) is 0 Å². The maximum Gasteiger partial charge on any atom is 0.255 e. The number of ether oxygens (including phenoxy) is 2. The lowest BCUT2D eigenvalue weighted by Gasteiger charge is -2.49. The topological polar surface area (TPSA) is 50.8 Å². The van der Waals surface area contributed by atoms with Gasteiger partial charge in [0.05, 0.1) is 19.8 Å². The number of benzene rings is 2. The van der Waals surface area contributed by atoms with Gasteiger partial charge in [-0.15, -0.1) is 0 Å². The summed E-state index contributed by atoms with van der Waals surface area (Å²) < 4.78 is 10.8. The molecule has 2 aromatic carbocycles. The Morgan fingerprint density at radius 3 is 2.37 bits per heavy atom. The van der Waals surface area contributed by atoms with Crippen LogP contribution in [-0.2, 0) is 6.54 Å². The molecule has 0 aromatic heterocycles. The minimum Gasteiger partial charge on any atom is -0.493 e. The van der Waals surface area contributed by atoms with E-state index in [4.69, 9.17) is 9.47 Å². The van der Waals surface area contributed by atoms with Crippen molar-refractivity contribution in [3.05, 3.63) is 59.2 Å². The quantitative estimate of drug-likeness (QED) is 0.773. The number of piperidine rings is 2. The van der Waals surface area contributed by atoms with Crippen LogP contribution in [0, 0.1) is 6.92 Å². The number of amides is 1. The van der Waals surface area contributed by atoms with Crippen molar-refractivity contribution < 1.29 is 14.3 Å². The fraction of sp³-hybridized carbons (Fsp3) is 0.480. The van der Waals surface area contributed by atoms with Crippen LogP contribution >= 0.6 is 0 Å². The maximum absolute atomic E-state index is 13.0. The standard InChI is InChI=1S/C25H32N2O3/c1-17-10-12-18(13-11-17)16-27-20-6-4-7-21(27)15-19(14-20)26-25(28)22-8-5-9-23(29-2)24(22)30-3/h5,8-13,19-21H,4,6-7,14-16H2,1-3H3,(H,26,28). The number of rotatable bonds is 6. The third kappa shape index (κ3) is 4.31. The third-order valence-corrected chi connectivity index (χ3v) is 6.59. The van der Waals surface area contributed by atoms with Crippen LogP contribution in [0.2, 0.25) is 0 Å². The van der Waals surface area contributed by atoms with Crippen LogP contribution < -0.4 is 14.8 Å². The normalized spacial score (nSPS) is 23.6. The molecule has 0 radical (unpaired) electrons. The van der Waals surface area contributed by atoms with Crippen molar-refractivity contribution in [2.75, 3.05) is 14.2 Å². The summed E-state index contributed by atoms with van der Waals surface area (Å²) in [5, 5.41) is 3.28. The Hall–Kier alpha value is -2.53. The molecule has 2 saturated heterocycles. The summed E-state index contributed by atoms with van der Waals surface area (Å²) in [6.07, 6.45) is 5.69. The van der Waals surface area contributed by atoms with Crippen LogP contribution in [0.1, 0.15) is 53.6 Å². The first-order chi connectivity index (χ1) is 14.6. The Morgan fingerprint density at radius 1 is 1.03 bits per heavy atom. The fourth-order valence-corrected chi connectivity index (χ4v) is 5.09. The number of carbonyl (C=O) groups is 1. The molecular weight excluding hydrogens is 376 g/mol. The molecule has 2 aromatic rings. The zero-order chi connectivity index (χ0) is 21.1. The Morgan fingerprint density at radius 2 is 1.73 bits per heavy atom. The van der Waals surface area contributed by atoms with E-state index in [0.717, 1.165) is 19.4 Å². The van der Waals surface area contributed by atoms with E-state index in [-0.39, 0.29) is 11.9 Å². The average molecular weight is 409 g/mol. The van der Waals surface area contributed by atoms with Crippen molar-refractivity contribution in [3.8, 4) is 11.5 Å². The molecule has 4 rings (SSSR count). The van der Waals surface area contributed by atoms with Gasteiger partial charge in [0, 0.05) is 24.7 Å². The van der Waals surface area contributed by atoms with E-state index in [2.05, 4.69) is 41.4 Å². The Labute approximate surface area is 179 Å². The van der Waals surface area contributed by atoms with Crippen LogP contribution in [0.25, 0.3) is 0 Å². The minimum atomic E-state index is -0.0826. The van der Waals surface area contributed by atoms with E-state index in [9.17, 15) is 4.79 Å². The average Bonchev–Trinajstić information content (AvgIpc) is 2.75. The maximum atomic E-state index is 13.0. The van der Waals surface area contributed by atoms with E-state index >= 15 is 0 Å². The van der Waals surface area contributed by atoms with E-state index in [1.807, 2.05) is 12.1 Å². The van der Waals surface area contributed by atoms with Gasteiger partial charge in [0.2, 0.25) is 0 Å². The molecule has 2 bridgehead atoms. The van der Waals surface area contributed by atoms with Gasteiger partial charge in [-0.25, -0.2) is 0 Å². The van der Waals surface area contributed by atoms with Crippen molar-refractivity contribution in [2.24, 2.45) is 0 Å². The largest absolute Gasteiger partial charge is 0.493 e. The molecule has 2 fully saturated rings. The molecule has 2 heterocycles. The van der Waals surface area contributed by atoms with Gasteiger partial charge in [0.15, 0.2) is 11.5 Å². The van der Waals surface area contributed by atoms with Crippen LogP contribution in [0.5, 0.6) is 11.5 Å². The lowest BCUT2D eigenvalue weighted by molar-refractivity contribution is 0.0176. The molecule has 2 aliphatic rings. The number of hydrogen-bond acceptors (Lipinski definition) is 4. The molecule has 2 aliphatic heterocycles. The van der Waals surface area contributed by atoms with E-state index in [1.54, 1.807) is 20.3 Å². The number of para-hydroxylation sites is 1. The van der Waals surface area contributed by atoms with E-state index in [1.165, 1.54) is 30.4 Å². The van der Waals surface area contributed by atoms with Gasteiger partial charge in [0.1, 0.15) is 0 Å². The Kier molecular flexibility index (Phi) is 6.28. The van der Waals surface area contributed by atoms with Gasteiger partial charge in [-0.3, -0.25) is 9.69 Å². The van der Waals surface area contributed by atoms with Crippen LogP contribution in [0.3, 0.4) is 0 Å². The molecule has 0 spiro atoms. The number of hydrogen-bond donors (Lipinski definition) is 1. The van der Waals surface area contributed by atoms with Crippen LogP contribution in [-0.4, -0.2) is 43.2 Å². The van der Waals surface area contributed by atoms with E-state index in [0.29, 0.717) is 29.1 Å². The Bertz CT molecular complexity index is 866. The molecule has 2 atom stereocenters. The molecule has 5 nitrogen and oxygen atoms in total. The molecule has 0 aliphatic carbocycles. The Balaban J connectivity index is 1.44. The first-order valence-corrected chi connectivity index (χ1v) is 10.9. The minimum absolute atomic E-state index is 0.0826. The number of carbonyl (C=O) groups excluding carboxylic acids is 1. The van der Waals surface area contributed by atoms with Gasteiger partial charge >= 0.3 is 0 Å². The smallest absolute Gasteiger partial charge is 0.255 e. The second-order valence-electron chi connectivity index (χ2n) is 8.58. The summed E-state index contributed by atoms with van der Waals surface area (Å²) in [6, 6.07) is 15.6. The molecule has 160 valence electrons. The van der Waals surface area contributed by atoms with E-state index < -0.39 is 0 Å². The molecule has 0 saturated carbocycles. The highest BCUT2D eigenvalue weighted by molar-refractivity contribution is 5.98. The predicted octanol–water partition coefficient (Wildman–Crippen LogP) is 4.33. The summed E-state index contributed by atoms with van der Waals surface area (Å²) in [5.41, 5.74) is 3.21. The lowest BCUT2D eigenvalue weighted by Crippen LogP contribution is -2.56. The number of aryl methyl sites for hydroxylation is 1. The summed E-state index contributed by atoms with van der Waals surface area (Å²) in [7, 11) is 3.16. The molecule has 30 heavy (non-hydrogen) atoms. The number of nitrogens with one attached hydrogen (secondary N) is 1. The molecule has 2 unspecified atom stereocenters. The monoisotopic (exact) mass is 408 g/mol. The van der Waals surface area contributed by atoms with Crippen LogP contribution in [0.15, 0.2) is 42.5 Å². The van der Waals surface area contributed by atoms with Crippen molar-refractivity contribution in [1.82, 2.24) is 10.2 Å². The summed E-state index contributed by atoms with van der Waals surface area (Å²) in [4.78, 5) is 15.7. The second-order valence-corrected chi connectivity index (χ2v) is 8.58. The predicted molar refractivity (Wildman–Crippen MR) is 118 cm³/mol. The lowest BCUT2D eigenvalue weighted by atomic mass is 9.81. The molecule has 1 amide bonds. The third-order valence-electron chi connectivity index (χ3n) is 6.59. The van der Waals surface area contributed by atoms with Gasteiger partial charge < -0.3 is 14.8 Å². The molecular formula is C25H32N2O3. The number of methoxy groups -OCH3 is 2.